The van der Waals surface area contributed by atoms with Crippen molar-refractivity contribution in [2.45, 2.75) is 13.8 Å². The lowest BCUT2D eigenvalue weighted by Gasteiger charge is -2.24. The molecule has 2 rings (SSSR count). The molecule has 0 unspecified atom stereocenters. The van der Waals surface area contributed by atoms with Gasteiger partial charge in [-0.25, -0.2) is 0 Å². The summed E-state index contributed by atoms with van der Waals surface area (Å²) in [5.41, 5.74) is 0.485. The highest BCUT2D eigenvalue weighted by Crippen LogP contribution is 2.31. The van der Waals surface area contributed by atoms with Crippen molar-refractivity contribution in [3.63, 3.8) is 0 Å². The average Bonchev–Trinajstić information content (AvgIpc) is 2.54. The molecule has 6 heteroatoms. The number of hydrogen-bond donors (Lipinski definition) is 0. The Balaban J connectivity index is 2.06. The summed E-state index contributed by atoms with van der Waals surface area (Å²) in [5.74, 6) is 0.945. The average molecular weight is 306 g/mol. The Hall–Kier alpha value is -2.24. The molecule has 22 heavy (non-hydrogen) atoms. The second kappa shape index (κ2) is 7.15. The first-order valence-electron chi connectivity index (χ1n) is 7.49. The van der Waals surface area contributed by atoms with E-state index in [-0.39, 0.29) is 18.4 Å². The van der Waals surface area contributed by atoms with Crippen molar-refractivity contribution in [2.75, 3.05) is 39.9 Å². The molecule has 1 aromatic carbocycles. The molecule has 2 amide bonds. The molecule has 6 nitrogen and oxygen atoms in total. The van der Waals surface area contributed by atoms with E-state index in [9.17, 15) is 9.59 Å². The summed E-state index contributed by atoms with van der Waals surface area (Å²) in [7, 11) is 1.63. The van der Waals surface area contributed by atoms with Gasteiger partial charge in [-0.1, -0.05) is 0 Å². The largest absolute Gasteiger partial charge is 0.486 e. The lowest BCUT2D eigenvalue weighted by atomic mass is 10.1. The van der Waals surface area contributed by atoms with Gasteiger partial charge in [0.15, 0.2) is 11.5 Å². The Kier molecular flexibility index (Phi) is 5.25. The van der Waals surface area contributed by atoms with Gasteiger partial charge in [0.2, 0.25) is 5.91 Å². The maximum Gasteiger partial charge on any atom is 0.254 e. The lowest BCUT2D eigenvalue weighted by Crippen LogP contribution is -2.41. The Labute approximate surface area is 130 Å². The monoisotopic (exact) mass is 306 g/mol. The third-order valence-electron chi connectivity index (χ3n) is 3.62. The van der Waals surface area contributed by atoms with E-state index in [1.54, 1.807) is 30.1 Å². The Morgan fingerprint density at radius 2 is 1.73 bits per heavy atom. The Morgan fingerprint density at radius 1 is 1.09 bits per heavy atom. The van der Waals surface area contributed by atoms with Crippen LogP contribution in [-0.2, 0) is 4.79 Å². The van der Waals surface area contributed by atoms with Crippen LogP contribution in [0.15, 0.2) is 18.2 Å². The molecular weight excluding hydrogens is 284 g/mol. The van der Waals surface area contributed by atoms with Gasteiger partial charge in [0.1, 0.15) is 13.2 Å². The van der Waals surface area contributed by atoms with Gasteiger partial charge in [-0.3, -0.25) is 9.59 Å². The summed E-state index contributed by atoms with van der Waals surface area (Å²) < 4.78 is 10.9. The van der Waals surface area contributed by atoms with Gasteiger partial charge in [0.05, 0.1) is 6.54 Å². The van der Waals surface area contributed by atoms with Gasteiger partial charge in [-0.05, 0) is 32.0 Å². The number of hydrogen-bond acceptors (Lipinski definition) is 4. The number of carbonyl (C=O) groups excluding carboxylic acids is 2. The molecule has 1 aliphatic rings. The fourth-order valence-corrected chi connectivity index (χ4v) is 2.35. The van der Waals surface area contributed by atoms with Gasteiger partial charge in [0, 0.05) is 25.7 Å². The molecule has 0 aliphatic carbocycles. The third kappa shape index (κ3) is 3.50. The van der Waals surface area contributed by atoms with Crippen molar-refractivity contribution in [1.29, 1.82) is 0 Å². The van der Waals surface area contributed by atoms with Crippen molar-refractivity contribution in [3.05, 3.63) is 23.8 Å². The van der Waals surface area contributed by atoms with Crippen LogP contribution in [0.5, 0.6) is 11.5 Å². The molecule has 0 fully saturated rings. The van der Waals surface area contributed by atoms with Crippen molar-refractivity contribution in [1.82, 2.24) is 9.80 Å². The van der Waals surface area contributed by atoms with Crippen LogP contribution in [0.4, 0.5) is 0 Å². The molecule has 120 valence electrons. The van der Waals surface area contributed by atoms with E-state index in [1.165, 1.54) is 4.90 Å². The zero-order valence-electron chi connectivity index (χ0n) is 13.3. The van der Waals surface area contributed by atoms with Crippen molar-refractivity contribution in [3.8, 4) is 11.5 Å². The Bertz CT molecular complexity index is 555. The number of rotatable bonds is 5. The summed E-state index contributed by atoms with van der Waals surface area (Å²) in [4.78, 5) is 27.6. The standard InChI is InChI=1S/C16H22N2O4/c1-4-18(5-2)15(19)11-17(3)16(20)12-6-7-13-14(10-12)22-9-8-21-13/h6-7,10H,4-5,8-9,11H2,1-3H3. The van der Waals surface area contributed by atoms with E-state index in [0.717, 1.165) is 0 Å². The summed E-state index contributed by atoms with van der Waals surface area (Å²) >= 11 is 0. The summed E-state index contributed by atoms with van der Waals surface area (Å²) in [6.45, 7) is 6.17. The van der Waals surface area contributed by atoms with Gasteiger partial charge < -0.3 is 19.3 Å². The van der Waals surface area contributed by atoms with Crippen LogP contribution >= 0.6 is 0 Å². The smallest absolute Gasteiger partial charge is 0.254 e. The first-order chi connectivity index (χ1) is 10.6. The highest BCUT2D eigenvalue weighted by Gasteiger charge is 2.20. The number of carbonyl (C=O) groups is 2. The lowest BCUT2D eigenvalue weighted by molar-refractivity contribution is -0.131. The van der Waals surface area contributed by atoms with Crippen LogP contribution in [0.1, 0.15) is 24.2 Å². The Morgan fingerprint density at radius 3 is 2.36 bits per heavy atom. The molecule has 0 N–H and O–H groups in total. The zero-order chi connectivity index (χ0) is 16.1. The minimum Gasteiger partial charge on any atom is -0.486 e. The third-order valence-corrected chi connectivity index (χ3v) is 3.62. The quantitative estimate of drug-likeness (QED) is 0.825. The van der Waals surface area contributed by atoms with Crippen molar-refractivity contribution < 1.29 is 19.1 Å². The van der Waals surface area contributed by atoms with E-state index in [4.69, 9.17) is 9.47 Å². The molecule has 0 saturated carbocycles. The second-order valence-electron chi connectivity index (χ2n) is 5.09. The van der Waals surface area contributed by atoms with Crippen LogP contribution in [-0.4, -0.2) is 61.5 Å². The van der Waals surface area contributed by atoms with E-state index >= 15 is 0 Å². The van der Waals surface area contributed by atoms with Gasteiger partial charge >= 0.3 is 0 Å². The molecule has 0 radical (unpaired) electrons. The maximum atomic E-state index is 12.4. The van der Waals surface area contributed by atoms with E-state index in [2.05, 4.69) is 0 Å². The molecule has 0 bridgehead atoms. The van der Waals surface area contributed by atoms with Crippen LogP contribution in [0.25, 0.3) is 0 Å². The summed E-state index contributed by atoms with van der Waals surface area (Å²) in [6, 6.07) is 5.07. The molecule has 1 heterocycles. The van der Waals surface area contributed by atoms with Crippen LogP contribution in [0.3, 0.4) is 0 Å². The maximum absolute atomic E-state index is 12.4. The van der Waals surface area contributed by atoms with Crippen LogP contribution in [0, 0.1) is 0 Å². The number of benzene rings is 1. The number of amides is 2. The molecule has 0 spiro atoms. The number of fused-ring (bicyclic) bond motifs is 1. The fraction of sp³-hybridized carbons (Fsp3) is 0.500. The van der Waals surface area contributed by atoms with Crippen LogP contribution < -0.4 is 9.47 Å². The van der Waals surface area contributed by atoms with Gasteiger partial charge in [-0.2, -0.15) is 0 Å². The second-order valence-corrected chi connectivity index (χ2v) is 5.09. The van der Waals surface area contributed by atoms with E-state index < -0.39 is 0 Å². The van der Waals surface area contributed by atoms with E-state index in [1.807, 2.05) is 13.8 Å². The molecular formula is C16H22N2O4. The number of ether oxygens (including phenoxy) is 2. The zero-order valence-corrected chi connectivity index (χ0v) is 13.3. The van der Waals surface area contributed by atoms with Gasteiger partial charge in [-0.15, -0.1) is 0 Å². The molecule has 0 saturated heterocycles. The number of likely N-dealkylation sites (N-methyl/N-ethyl adjacent to an activating group) is 2. The topological polar surface area (TPSA) is 59.1 Å². The predicted octanol–water partition coefficient (Wildman–Crippen LogP) is 1.40. The van der Waals surface area contributed by atoms with Crippen LogP contribution in [0.2, 0.25) is 0 Å². The van der Waals surface area contributed by atoms with Gasteiger partial charge in [0.25, 0.3) is 5.91 Å². The van der Waals surface area contributed by atoms with Crippen molar-refractivity contribution in [2.24, 2.45) is 0 Å². The number of nitrogens with zero attached hydrogens (tertiary/aromatic N) is 2. The highest BCUT2D eigenvalue weighted by atomic mass is 16.6. The van der Waals surface area contributed by atoms with E-state index in [0.29, 0.717) is 43.4 Å². The minimum atomic E-state index is -0.211. The summed E-state index contributed by atoms with van der Waals surface area (Å²) in [6.07, 6.45) is 0. The molecule has 0 atom stereocenters. The summed E-state index contributed by atoms with van der Waals surface area (Å²) in [5, 5.41) is 0. The molecule has 1 aliphatic heterocycles. The first-order valence-corrected chi connectivity index (χ1v) is 7.49. The van der Waals surface area contributed by atoms with Crippen molar-refractivity contribution >= 4 is 11.8 Å². The minimum absolute atomic E-state index is 0.0570. The normalized spacial score (nSPS) is 12.7. The fourth-order valence-electron chi connectivity index (χ4n) is 2.35. The predicted molar refractivity (Wildman–Crippen MR) is 82.3 cm³/mol. The first kappa shape index (κ1) is 16.1. The highest BCUT2D eigenvalue weighted by molar-refractivity contribution is 5.96. The SMILES string of the molecule is CCN(CC)C(=O)CN(C)C(=O)c1ccc2c(c1)OCCO2. The molecule has 1 aromatic rings. The molecule has 0 aromatic heterocycles.